The summed E-state index contributed by atoms with van der Waals surface area (Å²) in [7, 11) is -3.77. The van der Waals surface area contributed by atoms with Gasteiger partial charge in [0.1, 0.15) is 0 Å². The van der Waals surface area contributed by atoms with Crippen molar-refractivity contribution >= 4 is 28.3 Å². The van der Waals surface area contributed by atoms with Crippen molar-refractivity contribution in [1.82, 2.24) is 14.9 Å². The van der Waals surface area contributed by atoms with Crippen LogP contribution >= 0.6 is 12.4 Å². The molecule has 0 spiro atoms. The van der Waals surface area contributed by atoms with Crippen LogP contribution in [0.15, 0.2) is 21.6 Å². The molecule has 2 rings (SSSR count). The fourth-order valence-corrected chi connectivity index (χ4v) is 3.67. The predicted octanol–water partition coefficient (Wildman–Crippen LogP) is 1.21. The Labute approximate surface area is 143 Å². The predicted molar refractivity (Wildman–Crippen MR) is 89.4 cm³/mol. The number of hydrogen-bond acceptors (Lipinski definition) is 5. The smallest absolute Gasteiger partial charge is 0.289 e. The van der Waals surface area contributed by atoms with Gasteiger partial charge in [-0.1, -0.05) is 0 Å². The summed E-state index contributed by atoms with van der Waals surface area (Å²) in [5.74, 6) is -0.241. The molecule has 1 aliphatic rings. The Bertz CT molecular complexity index is 651. The third kappa shape index (κ3) is 4.94. The van der Waals surface area contributed by atoms with Crippen molar-refractivity contribution in [3.8, 4) is 0 Å². The number of carbonyl (C=O) groups is 1. The molecule has 1 atom stereocenters. The second kappa shape index (κ2) is 7.21. The van der Waals surface area contributed by atoms with E-state index in [0.29, 0.717) is 19.6 Å². The Hall–Kier alpha value is -1.09. The fourth-order valence-electron chi connectivity index (χ4n) is 2.32. The molecule has 0 bridgehead atoms. The topological polar surface area (TPSA) is 91.7 Å². The normalized spacial score (nSPS) is 19.3. The van der Waals surface area contributed by atoms with Crippen LogP contribution in [0, 0.1) is 0 Å². The Kier molecular flexibility index (Phi) is 6.25. The standard InChI is InChI=1S/C14H23N3O4S.ClH/c1-10-9-15-7-8-17(10)13(18)11-5-6-12(21-11)22(19,20)16-14(2,3)4;/h5-6,10,15-16H,7-9H2,1-4H3;1H/t10-;/m0./s1. The first-order valence-corrected chi connectivity index (χ1v) is 8.74. The van der Waals surface area contributed by atoms with Gasteiger partial charge in [0.05, 0.1) is 0 Å². The molecule has 2 heterocycles. The highest BCUT2D eigenvalue weighted by molar-refractivity contribution is 7.89. The van der Waals surface area contributed by atoms with Gasteiger partial charge in [0, 0.05) is 31.2 Å². The van der Waals surface area contributed by atoms with Gasteiger partial charge in [-0.3, -0.25) is 4.79 Å². The molecule has 0 aliphatic carbocycles. The van der Waals surface area contributed by atoms with E-state index in [1.54, 1.807) is 25.7 Å². The molecule has 1 aliphatic heterocycles. The monoisotopic (exact) mass is 365 g/mol. The summed E-state index contributed by atoms with van der Waals surface area (Å²) in [6, 6.07) is 2.77. The highest BCUT2D eigenvalue weighted by Crippen LogP contribution is 2.19. The third-order valence-corrected chi connectivity index (χ3v) is 4.89. The van der Waals surface area contributed by atoms with Gasteiger partial charge in [-0.05, 0) is 39.8 Å². The number of rotatable bonds is 3. The minimum absolute atomic E-state index is 0. The lowest BCUT2D eigenvalue weighted by Gasteiger charge is -2.33. The van der Waals surface area contributed by atoms with E-state index in [4.69, 9.17) is 4.42 Å². The summed E-state index contributed by atoms with van der Waals surface area (Å²) >= 11 is 0. The number of hydrogen-bond donors (Lipinski definition) is 2. The molecule has 23 heavy (non-hydrogen) atoms. The van der Waals surface area contributed by atoms with Gasteiger partial charge >= 0.3 is 0 Å². The van der Waals surface area contributed by atoms with E-state index >= 15 is 0 Å². The molecular formula is C14H24ClN3O4S. The summed E-state index contributed by atoms with van der Waals surface area (Å²) in [6.45, 7) is 9.15. The van der Waals surface area contributed by atoms with E-state index in [-0.39, 0.29) is 35.2 Å². The van der Waals surface area contributed by atoms with E-state index in [1.165, 1.54) is 12.1 Å². The summed E-state index contributed by atoms with van der Waals surface area (Å²) < 4.78 is 32.2. The quantitative estimate of drug-likeness (QED) is 0.840. The van der Waals surface area contributed by atoms with Crippen LogP contribution in [-0.4, -0.2) is 50.4 Å². The molecule has 1 amide bonds. The molecule has 132 valence electrons. The van der Waals surface area contributed by atoms with Crippen LogP contribution in [0.4, 0.5) is 0 Å². The van der Waals surface area contributed by atoms with Gasteiger partial charge in [-0.15, -0.1) is 12.4 Å². The summed E-state index contributed by atoms with van der Waals surface area (Å²) in [4.78, 5) is 14.1. The number of furan rings is 1. The Morgan fingerprint density at radius 3 is 2.61 bits per heavy atom. The summed E-state index contributed by atoms with van der Waals surface area (Å²) in [5.41, 5.74) is -0.622. The molecule has 7 nitrogen and oxygen atoms in total. The Morgan fingerprint density at radius 2 is 2.04 bits per heavy atom. The van der Waals surface area contributed by atoms with Crippen LogP contribution in [0.2, 0.25) is 0 Å². The van der Waals surface area contributed by atoms with Crippen LogP contribution in [0.3, 0.4) is 0 Å². The van der Waals surface area contributed by atoms with Gasteiger partial charge in [-0.25, -0.2) is 13.1 Å². The maximum absolute atomic E-state index is 12.4. The first-order valence-electron chi connectivity index (χ1n) is 7.26. The number of nitrogens with one attached hydrogen (secondary N) is 2. The molecule has 1 fully saturated rings. The minimum Gasteiger partial charge on any atom is -0.438 e. The summed E-state index contributed by atoms with van der Waals surface area (Å²) in [6.07, 6.45) is 0. The first-order chi connectivity index (χ1) is 10.1. The van der Waals surface area contributed by atoms with E-state index in [1.807, 2.05) is 6.92 Å². The van der Waals surface area contributed by atoms with Crippen molar-refractivity contribution in [2.24, 2.45) is 0 Å². The maximum atomic E-state index is 12.4. The van der Waals surface area contributed by atoms with E-state index in [9.17, 15) is 13.2 Å². The van der Waals surface area contributed by atoms with Crippen molar-refractivity contribution in [1.29, 1.82) is 0 Å². The molecular weight excluding hydrogens is 342 g/mol. The fraction of sp³-hybridized carbons (Fsp3) is 0.643. The van der Waals surface area contributed by atoms with Gasteiger partial charge < -0.3 is 14.6 Å². The van der Waals surface area contributed by atoms with Crippen molar-refractivity contribution in [2.45, 2.75) is 44.4 Å². The van der Waals surface area contributed by atoms with Crippen LogP contribution in [0.1, 0.15) is 38.2 Å². The highest BCUT2D eigenvalue weighted by Gasteiger charge is 2.29. The Morgan fingerprint density at radius 1 is 1.39 bits per heavy atom. The first kappa shape index (κ1) is 20.0. The van der Waals surface area contributed by atoms with E-state index in [2.05, 4.69) is 10.0 Å². The van der Waals surface area contributed by atoms with Crippen LogP contribution in [0.5, 0.6) is 0 Å². The molecule has 0 unspecified atom stereocenters. The SMILES string of the molecule is C[C@H]1CNCCN1C(=O)c1ccc(S(=O)(=O)NC(C)(C)C)o1.Cl. The number of halogens is 1. The molecule has 1 aromatic heterocycles. The number of carbonyl (C=O) groups excluding carboxylic acids is 1. The maximum Gasteiger partial charge on any atom is 0.289 e. The Balaban J connectivity index is 0.00000264. The zero-order valence-corrected chi connectivity index (χ0v) is 15.4. The molecule has 1 saturated heterocycles. The number of sulfonamides is 1. The molecule has 0 radical (unpaired) electrons. The van der Waals surface area contributed by atoms with Crippen molar-refractivity contribution < 1.29 is 17.6 Å². The second-order valence-corrected chi connectivity index (χ2v) is 8.14. The average Bonchev–Trinajstić information content (AvgIpc) is 2.86. The van der Waals surface area contributed by atoms with Crippen molar-refractivity contribution in [3.63, 3.8) is 0 Å². The van der Waals surface area contributed by atoms with Crippen molar-refractivity contribution in [3.05, 3.63) is 17.9 Å². The average molecular weight is 366 g/mol. The highest BCUT2D eigenvalue weighted by atomic mass is 35.5. The van der Waals surface area contributed by atoms with Crippen LogP contribution < -0.4 is 10.0 Å². The molecule has 9 heteroatoms. The lowest BCUT2D eigenvalue weighted by Crippen LogP contribution is -2.52. The number of amides is 1. The molecule has 0 aromatic carbocycles. The summed E-state index contributed by atoms with van der Waals surface area (Å²) in [5, 5.41) is 2.95. The van der Waals surface area contributed by atoms with E-state index in [0.717, 1.165) is 0 Å². The second-order valence-electron chi connectivity index (χ2n) is 6.53. The van der Waals surface area contributed by atoms with Gasteiger partial charge in [-0.2, -0.15) is 0 Å². The lowest BCUT2D eigenvalue weighted by atomic mass is 10.1. The zero-order valence-electron chi connectivity index (χ0n) is 13.8. The van der Waals surface area contributed by atoms with Gasteiger partial charge in [0.25, 0.3) is 15.9 Å². The van der Waals surface area contributed by atoms with Gasteiger partial charge in [0.15, 0.2) is 5.76 Å². The number of piperazine rings is 1. The van der Waals surface area contributed by atoms with E-state index < -0.39 is 15.6 Å². The zero-order chi connectivity index (χ0) is 16.5. The van der Waals surface area contributed by atoms with Crippen LogP contribution in [-0.2, 0) is 10.0 Å². The van der Waals surface area contributed by atoms with Crippen molar-refractivity contribution in [2.75, 3.05) is 19.6 Å². The van der Waals surface area contributed by atoms with Crippen LogP contribution in [0.25, 0.3) is 0 Å². The largest absolute Gasteiger partial charge is 0.438 e. The third-order valence-electron chi connectivity index (χ3n) is 3.26. The van der Waals surface area contributed by atoms with Gasteiger partial charge in [0.2, 0.25) is 5.09 Å². The molecule has 2 N–H and O–H groups in total. The lowest BCUT2D eigenvalue weighted by molar-refractivity contribution is 0.0617. The molecule has 1 aromatic rings. The number of nitrogens with zero attached hydrogens (tertiary/aromatic N) is 1. The minimum atomic E-state index is -3.77. The molecule has 0 saturated carbocycles.